The molecule has 256 valence electrons. The molecule has 47 heavy (non-hydrogen) atoms. The van der Waals surface area contributed by atoms with Gasteiger partial charge in [0.25, 0.3) is 0 Å². The van der Waals surface area contributed by atoms with E-state index < -0.39 is 42.7 Å². The fourth-order valence-electron chi connectivity index (χ4n) is 6.22. The van der Waals surface area contributed by atoms with Crippen molar-refractivity contribution in [3.63, 3.8) is 0 Å². The van der Waals surface area contributed by atoms with Gasteiger partial charge in [-0.2, -0.15) is 0 Å². The molecule has 1 aliphatic carbocycles. The molecular formula is C33H48N8O6. The number of rotatable bonds is 11. The number of fused-ring (bicyclic) bond motifs is 1. The van der Waals surface area contributed by atoms with Crippen molar-refractivity contribution in [1.82, 2.24) is 29.7 Å². The van der Waals surface area contributed by atoms with Crippen LogP contribution in [0.4, 0.5) is 16.3 Å². The number of hydrogen-bond donors (Lipinski definition) is 7. The zero-order valence-electron chi connectivity index (χ0n) is 27.6. The van der Waals surface area contributed by atoms with E-state index in [2.05, 4.69) is 65.1 Å². The number of anilines is 2. The van der Waals surface area contributed by atoms with Crippen LogP contribution in [0.2, 0.25) is 0 Å². The molecule has 7 atom stereocenters. The molecule has 1 saturated heterocycles. The number of nitrogen functional groups attached to an aromatic ring is 1. The quantitative estimate of drug-likeness (QED) is 0.118. The van der Waals surface area contributed by atoms with E-state index in [0.29, 0.717) is 42.8 Å². The van der Waals surface area contributed by atoms with Crippen LogP contribution in [0.3, 0.4) is 0 Å². The topological polar surface area (TPSA) is 204 Å². The molecule has 1 fully saturated rings. The minimum Gasteiger partial charge on any atom is -0.389 e. The third kappa shape index (κ3) is 7.74. The SMILES string of the molecule is CC(C)N(CCCNC(=O)Nc1ccc(C(C)(C)C)cc1)CC1=C[C@@H](C[C@H]2O[C@@H](n3cnc4c(N)ncnc43)[C@H](O)[C@@H]2O)[C@H](O)[C@@H]1O. The molecule has 0 bridgehead atoms. The molecule has 0 radical (unpaired) electrons. The van der Waals surface area contributed by atoms with E-state index in [9.17, 15) is 25.2 Å². The fourth-order valence-corrected chi connectivity index (χ4v) is 6.22. The van der Waals surface area contributed by atoms with Gasteiger partial charge >= 0.3 is 6.03 Å². The van der Waals surface area contributed by atoms with Gasteiger partial charge in [-0.1, -0.05) is 39.0 Å². The molecule has 3 heterocycles. The Labute approximate surface area is 274 Å². The number of ether oxygens (including phenoxy) is 1. The van der Waals surface area contributed by atoms with E-state index in [-0.39, 0.29) is 29.7 Å². The van der Waals surface area contributed by atoms with Crippen LogP contribution in [-0.2, 0) is 10.2 Å². The average Bonchev–Trinajstić information content (AvgIpc) is 3.65. The number of imidazole rings is 1. The van der Waals surface area contributed by atoms with Crippen molar-refractivity contribution in [3.05, 3.63) is 54.1 Å². The zero-order valence-corrected chi connectivity index (χ0v) is 27.6. The minimum absolute atomic E-state index is 0.0383. The first-order valence-corrected chi connectivity index (χ1v) is 16.2. The number of carbonyl (C=O) groups excluding carboxylic acids is 1. The van der Waals surface area contributed by atoms with Crippen molar-refractivity contribution in [1.29, 1.82) is 0 Å². The van der Waals surface area contributed by atoms with E-state index in [4.69, 9.17) is 10.5 Å². The first kappa shape index (κ1) is 34.7. The van der Waals surface area contributed by atoms with Crippen LogP contribution in [0.25, 0.3) is 11.2 Å². The summed E-state index contributed by atoms with van der Waals surface area (Å²) in [5.41, 5.74) is 9.25. The number of nitrogens with one attached hydrogen (secondary N) is 2. The largest absolute Gasteiger partial charge is 0.389 e. The number of aliphatic hydroxyl groups excluding tert-OH is 4. The summed E-state index contributed by atoms with van der Waals surface area (Å²) in [6.45, 7) is 12.1. The first-order valence-electron chi connectivity index (χ1n) is 16.2. The van der Waals surface area contributed by atoms with Gasteiger partial charge in [0.05, 0.1) is 18.5 Å². The van der Waals surface area contributed by atoms with Crippen LogP contribution in [0.5, 0.6) is 0 Å². The second-order valence-electron chi connectivity index (χ2n) is 13.8. The maximum absolute atomic E-state index is 12.4. The molecule has 3 aromatic rings. The highest BCUT2D eigenvalue weighted by molar-refractivity contribution is 5.89. The van der Waals surface area contributed by atoms with Gasteiger partial charge in [0, 0.05) is 37.3 Å². The summed E-state index contributed by atoms with van der Waals surface area (Å²) in [6, 6.07) is 7.71. The number of nitrogens with zero attached hydrogens (tertiary/aromatic N) is 5. The molecule has 1 aromatic carbocycles. The highest BCUT2D eigenvalue weighted by Crippen LogP contribution is 2.38. The molecule has 1 aliphatic heterocycles. The van der Waals surface area contributed by atoms with Crippen LogP contribution in [0.1, 0.15) is 59.3 Å². The maximum Gasteiger partial charge on any atom is 0.319 e. The molecule has 0 spiro atoms. The lowest BCUT2D eigenvalue weighted by Crippen LogP contribution is -2.39. The molecule has 14 nitrogen and oxygen atoms in total. The summed E-state index contributed by atoms with van der Waals surface area (Å²) >= 11 is 0. The first-order chi connectivity index (χ1) is 22.2. The Balaban J connectivity index is 1.13. The third-order valence-corrected chi connectivity index (χ3v) is 9.11. The Kier molecular flexibility index (Phi) is 10.5. The van der Waals surface area contributed by atoms with Crippen LogP contribution >= 0.6 is 0 Å². The average molecular weight is 653 g/mol. The smallest absolute Gasteiger partial charge is 0.319 e. The van der Waals surface area contributed by atoms with E-state index in [1.165, 1.54) is 22.8 Å². The van der Waals surface area contributed by atoms with Crippen LogP contribution < -0.4 is 16.4 Å². The number of amides is 2. The minimum atomic E-state index is -1.28. The van der Waals surface area contributed by atoms with Gasteiger partial charge in [-0.3, -0.25) is 9.47 Å². The Hall–Kier alpha value is -3.66. The van der Waals surface area contributed by atoms with Crippen molar-refractivity contribution in [2.45, 2.75) is 95.7 Å². The number of benzene rings is 1. The zero-order chi connectivity index (χ0) is 34.0. The summed E-state index contributed by atoms with van der Waals surface area (Å²) in [5.74, 6) is -0.311. The predicted octanol–water partition coefficient (Wildman–Crippen LogP) is 1.92. The number of hydrogen-bond acceptors (Lipinski definition) is 11. The number of nitrogens with two attached hydrogens (primary N) is 1. The normalized spacial score (nSPS) is 26.4. The van der Waals surface area contributed by atoms with E-state index in [0.717, 1.165) is 5.69 Å². The second kappa shape index (κ2) is 14.2. The van der Waals surface area contributed by atoms with E-state index >= 15 is 0 Å². The lowest BCUT2D eigenvalue weighted by molar-refractivity contribution is -0.0500. The van der Waals surface area contributed by atoms with E-state index in [1.54, 1.807) is 0 Å². The van der Waals surface area contributed by atoms with Gasteiger partial charge in [0.15, 0.2) is 17.7 Å². The predicted molar refractivity (Wildman–Crippen MR) is 177 cm³/mol. The standard InChI is InChI=1S/C33H48N8O6/c1-18(2)40(12-6-11-35-32(46)39-22-9-7-21(8-10-22)33(3,4)5)15-20-13-19(25(42)26(20)43)14-23-27(44)28(45)31(47-23)41-17-38-24-29(34)36-16-37-30(24)41/h7-10,13,16-19,23,25-28,31,42-45H,6,11-12,14-15H2,1-5H3,(H2,34,36,37)(H2,35,39,46)/t19-,23+,25-,26+,27+,28+,31+/m0/s1. The summed E-state index contributed by atoms with van der Waals surface area (Å²) in [6.07, 6.45) is -1.04. The Bertz CT molecular complexity index is 1550. The van der Waals surface area contributed by atoms with Gasteiger partial charge in [-0.15, -0.1) is 0 Å². The third-order valence-electron chi connectivity index (χ3n) is 9.11. The molecule has 5 rings (SSSR count). The maximum atomic E-state index is 12.4. The van der Waals surface area contributed by atoms with Gasteiger partial charge in [0.1, 0.15) is 30.2 Å². The molecular weight excluding hydrogens is 604 g/mol. The molecule has 2 amide bonds. The highest BCUT2D eigenvalue weighted by Gasteiger charge is 2.47. The Morgan fingerprint density at radius 1 is 1.06 bits per heavy atom. The van der Waals surface area contributed by atoms with Crippen molar-refractivity contribution in [2.75, 3.05) is 30.7 Å². The fraction of sp³-hybridized carbons (Fsp3) is 0.576. The number of aliphatic hydroxyl groups is 4. The molecule has 2 aliphatic rings. The summed E-state index contributed by atoms with van der Waals surface area (Å²) in [4.78, 5) is 27.0. The molecule has 14 heteroatoms. The molecule has 0 unspecified atom stereocenters. The monoisotopic (exact) mass is 652 g/mol. The summed E-state index contributed by atoms with van der Waals surface area (Å²) in [7, 11) is 0. The molecule has 8 N–H and O–H groups in total. The molecule has 0 saturated carbocycles. The Morgan fingerprint density at radius 3 is 2.47 bits per heavy atom. The van der Waals surface area contributed by atoms with Crippen LogP contribution in [-0.4, -0.2) is 107 Å². The van der Waals surface area contributed by atoms with Gasteiger partial charge in [-0.25, -0.2) is 19.7 Å². The lowest BCUT2D eigenvalue weighted by atomic mass is 9.87. The van der Waals surface area contributed by atoms with Gasteiger partial charge < -0.3 is 41.5 Å². The molecule has 2 aromatic heterocycles. The highest BCUT2D eigenvalue weighted by atomic mass is 16.6. The second-order valence-corrected chi connectivity index (χ2v) is 13.8. The summed E-state index contributed by atoms with van der Waals surface area (Å²) in [5, 5.41) is 49.4. The van der Waals surface area contributed by atoms with Crippen molar-refractivity contribution in [3.8, 4) is 0 Å². The summed E-state index contributed by atoms with van der Waals surface area (Å²) < 4.78 is 7.57. The van der Waals surface area contributed by atoms with Crippen molar-refractivity contribution < 1.29 is 30.0 Å². The number of aromatic nitrogens is 4. The van der Waals surface area contributed by atoms with Gasteiger partial charge in [0.2, 0.25) is 0 Å². The van der Waals surface area contributed by atoms with Gasteiger partial charge in [-0.05, 0) is 55.4 Å². The van der Waals surface area contributed by atoms with E-state index in [1.807, 2.05) is 30.3 Å². The van der Waals surface area contributed by atoms with Crippen molar-refractivity contribution in [2.24, 2.45) is 5.92 Å². The van der Waals surface area contributed by atoms with Crippen LogP contribution in [0, 0.1) is 5.92 Å². The number of urea groups is 1. The lowest BCUT2D eigenvalue weighted by Gasteiger charge is -2.28. The van der Waals surface area contributed by atoms with Crippen LogP contribution in [0.15, 0.2) is 48.6 Å². The van der Waals surface area contributed by atoms with Crippen molar-refractivity contribution >= 4 is 28.7 Å². The Morgan fingerprint density at radius 2 is 1.79 bits per heavy atom. The number of carbonyl (C=O) groups is 1.